The highest BCUT2D eigenvalue weighted by Gasteiger charge is 2.46. The van der Waals surface area contributed by atoms with Crippen LogP contribution in [0.5, 0.6) is 23.0 Å². The van der Waals surface area contributed by atoms with Crippen LogP contribution >= 0.6 is 0 Å². The second-order valence-electron chi connectivity index (χ2n) is 9.97. The van der Waals surface area contributed by atoms with Gasteiger partial charge in [0.2, 0.25) is 12.6 Å². The summed E-state index contributed by atoms with van der Waals surface area (Å²) in [5, 5.41) is 100. The molecule has 42 heavy (non-hydrogen) atoms. The van der Waals surface area contributed by atoms with E-state index in [1.165, 1.54) is 36.4 Å². The lowest BCUT2D eigenvalue weighted by Crippen LogP contribution is -2.60. The van der Waals surface area contributed by atoms with Crippen molar-refractivity contribution in [1.82, 2.24) is 0 Å². The van der Waals surface area contributed by atoms with Gasteiger partial charge in [0.25, 0.3) is 0 Å². The van der Waals surface area contributed by atoms with Gasteiger partial charge in [0.15, 0.2) is 11.5 Å². The molecule has 0 spiro atoms. The summed E-state index contributed by atoms with van der Waals surface area (Å²) in [4.78, 5) is 0. The van der Waals surface area contributed by atoms with Crippen LogP contribution in [0.3, 0.4) is 0 Å². The second kappa shape index (κ2) is 12.1. The van der Waals surface area contributed by atoms with Crippen molar-refractivity contribution in [3.63, 3.8) is 0 Å². The van der Waals surface area contributed by atoms with Gasteiger partial charge >= 0.3 is 11.3 Å². The van der Waals surface area contributed by atoms with E-state index in [1.807, 2.05) is 0 Å². The van der Waals surface area contributed by atoms with Gasteiger partial charge in [-0.1, -0.05) is 0 Å². The van der Waals surface area contributed by atoms with Crippen LogP contribution in [0.15, 0.2) is 46.9 Å². The van der Waals surface area contributed by atoms with Crippen molar-refractivity contribution >= 4 is 11.0 Å². The molecule has 0 bridgehead atoms. The molecule has 10 atom stereocenters. The number of ether oxygens (including phenoxy) is 4. The van der Waals surface area contributed by atoms with E-state index >= 15 is 0 Å². The first-order valence-corrected chi connectivity index (χ1v) is 12.9. The van der Waals surface area contributed by atoms with Crippen LogP contribution in [0.4, 0.5) is 0 Å². The molecule has 0 saturated carbocycles. The molecule has 2 aliphatic rings. The third-order valence-electron chi connectivity index (χ3n) is 7.15. The van der Waals surface area contributed by atoms with Crippen LogP contribution in [0.25, 0.3) is 22.3 Å². The zero-order valence-corrected chi connectivity index (χ0v) is 21.7. The van der Waals surface area contributed by atoms with Gasteiger partial charge < -0.3 is 70.0 Å². The molecule has 2 aliphatic heterocycles. The SMILES string of the molecule is OCC1OC(Oc2cc(OC3OC(CO)C(O)C(O)C3O)c3ccc(-c4ccc(O)c(O)c4)[o+]c3c2)C(O)C(O)C1O. The molecule has 10 N–H and O–H groups in total. The number of aliphatic hydroxyl groups excluding tert-OH is 8. The molecular formula is C27H31O15+. The number of aromatic hydroxyl groups is 2. The van der Waals surface area contributed by atoms with Crippen LogP contribution in [-0.4, -0.2) is 126 Å². The topological polar surface area (TPSA) is 251 Å². The third-order valence-corrected chi connectivity index (χ3v) is 7.15. The Morgan fingerprint density at radius 3 is 1.81 bits per heavy atom. The first kappa shape index (κ1) is 30.1. The predicted molar refractivity (Wildman–Crippen MR) is 138 cm³/mol. The lowest BCUT2D eigenvalue weighted by atomic mass is 9.99. The molecule has 0 amide bonds. The van der Waals surface area contributed by atoms with Gasteiger partial charge in [0.05, 0.1) is 24.8 Å². The van der Waals surface area contributed by atoms with E-state index < -0.39 is 80.4 Å². The minimum atomic E-state index is -1.75. The number of phenolic OH excluding ortho intramolecular Hbond substituents is 2. The Balaban J connectivity index is 1.54. The van der Waals surface area contributed by atoms with Crippen LogP contribution in [0.2, 0.25) is 0 Å². The highest BCUT2D eigenvalue weighted by Crippen LogP contribution is 2.38. The maximum Gasteiger partial charge on any atom is 0.368 e. The summed E-state index contributed by atoms with van der Waals surface area (Å²) in [5.74, 6) is -0.651. The first-order valence-electron chi connectivity index (χ1n) is 12.9. The maximum absolute atomic E-state index is 10.5. The highest BCUT2D eigenvalue weighted by atomic mass is 16.7. The van der Waals surface area contributed by atoms with Gasteiger partial charge in [-0.15, -0.1) is 0 Å². The van der Waals surface area contributed by atoms with Crippen molar-refractivity contribution in [2.45, 2.75) is 61.4 Å². The third kappa shape index (κ3) is 5.67. The molecule has 5 rings (SSSR count). The molecular weight excluding hydrogens is 564 g/mol. The summed E-state index contributed by atoms with van der Waals surface area (Å²) in [7, 11) is 0. The number of fused-ring (bicyclic) bond motifs is 1. The monoisotopic (exact) mass is 595 g/mol. The zero-order valence-electron chi connectivity index (χ0n) is 21.7. The molecule has 3 heterocycles. The maximum atomic E-state index is 10.5. The largest absolute Gasteiger partial charge is 0.504 e. The summed E-state index contributed by atoms with van der Waals surface area (Å²) in [5.41, 5.74) is 0.464. The molecule has 3 aromatic rings. The summed E-state index contributed by atoms with van der Waals surface area (Å²) in [6.07, 6.45) is -15.8. The van der Waals surface area contributed by atoms with Crippen molar-refractivity contribution in [2.24, 2.45) is 0 Å². The van der Waals surface area contributed by atoms with Crippen LogP contribution in [0.1, 0.15) is 0 Å². The van der Waals surface area contributed by atoms with Crippen LogP contribution < -0.4 is 9.47 Å². The van der Waals surface area contributed by atoms with E-state index in [2.05, 4.69) is 0 Å². The van der Waals surface area contributed by atoms with Gasteiger partial charge in [-0.05, 0) is 18.2 Å². The Morgan fingerprint density at radius 1 is 0.643 bits per heavy atom. The average Bonchev–Trinajstić information content (AvgIpc) is 2.98. The fourth-order valence-corrected chi connectivity index (χ4v) is 4.72. The van der Waals surface area contributed by atoms with E-state index in [-0.39, 0.29) is 34.0 Å². The van der Waals surface area contributed by atoms with E-state index in [9.17, 15) is 51.1 Å². The summed E-state index contributed by atoms with van der Waals surface area (Å²) in [6, 6.07) is 9.73. The van der Waals surface area contributed by atoms with Crippen molar-refractivity contribution in [3.8, 4) is 34.3 Å². The number of phenols is 2. The number of rotatable bonds is 7. The van der Waals surface area contributed by atoms with E-state index in [4.69, 9.17) is 23.4 Å². The molecule has 0 radical (unpaired) electrons. The molecule has 2 aromatic carbocycles. The molecule has 0 aliphatic carbocycles. The summed E-state index contributed by atoms with van der Waals surface area (Å²) >= 11 is 0. The average molecular weight is 596 g/mol. The number of hydrogen-bond acceptors (Lipinski definition) is 14. The summed E-state index contributed by atoms with van der Waals surface area (Å²) in [6.45, 7) is -1.38. The summed E-state index contributed by atoms with van der Waals surface area (Å²) < 4.78 is 28.5. The number of hydrogen-bond donors (Lipinski definition) is 10. The lowest BCUT2D eigenvalue weighted by molar-refractivity contribution is -0.278. The highest BCUT2D eigenvalue weighted by molar-refractivity contribution is 5.86. The molecule has 1 aromatic heterocycles. The Morgan fingerprint density at radius 2 is 1.24 bits per heavy atom. The quantitative estimate of drug-likeness (QED) is 0.106. The van der Waals surface area contributed by atoms with Crippen molar-refractivity contribution in [1.29, 1.82) is 0 Å². The normalized spacial score (nSPS) is 33.4. The Kier molecular flexibility index (Phi) is 8.68. The second-order valence-corrected chi connectivity index (χ2v) is 9.97. The molecule has 15 nitrogen and oxygen atoms in total. The van der Waals surface area contributed by atoms with Gasteiger partial charge in [0, 0.05) is 18.2 Å². The molecule has 2 saturated heterocycles. The van der Waals surface area contributed by atoms with Gasteiger partial charge in [-0.3, -0.25) is 0 Å². The lowest BCUT2D eigenvalue weighted by Gasteiger charge is -2.40. The minimum Gasteiger partial charge on any atom is -0.504 e. The van der Waals surface area contributed by atoms with Crippen LogP contribution in [0, 0.1) is 0 Å². The standard InChI is InChI=1S/C27H30O15/c28-8-18-20(32)22(34)24(36)26(41-18)38-11-6-16-12(2-4-15(39-16)10-1-3-13(30)14(31)5-10)17(7-11)40-27-25(37)23(35)21(33)19(9-29)42-27/h1-7,18-29,32-37H,8-9H2,(H-,30,31)/p+1. The van der Waals surface area contributed by atoms with E-state index in [1.54, 1.807) is 6.07 Å². The van der Waals surface area contributed by atoms with Gasteiger partial charge in [0.1, 0.15) is 65.7 Å². The van der Waals surface area contributed by atoms with Crippen molar-refractivity contribution in [3.05, 3.63) is 42.5 Å². The predicted octanol–water partition coefficient (Wildman–Crippen LogP) is -1.85. The fourth-order valence-electron chi connectivity index (χ4n) is 4.72. The molecule has 15 heteroatoms. The van der Waals surface area contributed by atoms with Gasteiger partial charge in [-0.2, -0.15) is 0 Å². The van der Waals surface area contributed by atoms with E-state index in [0.29, 0.717) is 5.56 Å². The first-order chi connectivity index (χ1) is 20.0. The number of aliphatic hydroxyl groups is 8. The molecule has 228 valence electrons. The smallest absolute Gasteiger partial charge is 0.368 e. The van der Waals surface area contributed by atoms with Crippen molar-refractivity contribution < 1.29 is 74.4 Å². The zero-order chi connectivity index (χ0) is 30.3. The fraction of sp³-hybridized carbons (Fsp3) is 0.444. The van der Waals surface area contributed by atoms with Crippen molar-refractivity contribution in [2.75, 3.05) is 13.2 Å². The Labute approximate surface area is 237 Å². The molecule has 2 fully saturated rings. The van der Waals surface area contributed by atoms with Gasteiger partial charge in [-0.25, -0.2) is 4.42 Å². The Bertz CT molecular complexity index is 1400. The number of benzene rings is 2. The molecule has 10 unspecified atom stereocenters. The van der Waals surface area contributed by atoms with Crippen LogP contribution in [-0.2, 0) is 9.47 Å². The Hall–Kier alpha value is -3.35. The van der Waals surface area contributed by atoms with E-state index in [0.717, 1.165) is 0 Å². The minimum absolute atomic E-state index is 0.0553.